The molecule has 2 atom stereocenters. The van der Waals surface area contributed by atoms with Gasteiger partial charge in [0, 0.05) is 37.3 Å². The van der Waals surface area contributed by atoms with Crippen LogP contribution in [-0.2, 0) is 14.3 Å². The first-order chi connectivity index (χ1) is 10.9. The molecule has 0 spiro atoms. The third kappa shape index (κ3) is 2.81. The van der Waals surface area contributed by atoms with Crippen molar-refractivity contribution in [1.29, 1.82) is 0 Å². The molecule has 0 aromatic carbocycles. The van der Waals surface area contributed by atoms with Crippen LogP contribution in [0.25, 0.3) is 0 Å². The van der Waals surface area contributed by atoms with Gasteiger partial charge in [-0.25, -0.2) is 0 Å². The topological polar surface area (TPSA) is 84.7 Å². The lowest BCUT2D eigenvalue weighted by Crippen LogP contribution is -2.50. The number of carbonyl (C=O) groups excluding carboxylic acids is 2. The highest BCUT2D eigenvalue weighted by Gasteiger charge is 2.55. The molecule has 23 heavy (non-hydrogen) atoms. The van der Waals surface area contributed by atoms with Gasteiger partial charge in [0.1, 0.15) is 0 Å². The minimum absolute atomic E-state index is 0.0595. The molecule has 2 unspecified atom stereocenters. The van der Waals surface area contributed by atoms with Gasteiger partial charge in [-0.15, -0.1) is 0 Å². The Balaban J connectivity index is 0.000000615. The molecule has 6 heteroatoms. The number of methoxy groups -OCH3 is 1. The fraction of sp³-hybridized carbons (Fsp3) is 0.647. The number of nitrogens with one attached hydrogen (secondary N) is 1. The smallest absolute Gasteiger partial charge is 0.207 e. The van der Waals surface area contributed by atoms with Crippen molar-refractivity contribution in [2.24, 2.45) is 5.73 Å². The van der Waals surface area contributed by atoms with Crippen LogP contribution < -0.4 is 11.1 Å². The number of carbonyl (C=O) groups is 2. The number of rotatable bonds is 1. The largest absolute Gasteiger partial charge is 0.395 e. The van der Waals surface area contributed by atoms with Gasteiger partial charge in [-0.1, -0.05) is 27.7 Å². The Morgan fingerprint density at radius 3 is 2.30 bits per heavy atom. The van der Waals surface area contributed by atoms with Crippen molar-refractivity contribution in [3.63, 3.8) is 0 Å². The molecule has 0 amide bonds. The third-order valence-electron chi connectivity index (χ3n) is 4.15. The van der Waals surface area contributed by atoms with E-state index in [1.54, 1.807) is 14.0 Å². The summed E-state index contributed by atoms with van der Waals surface area (Å²) in [4.78, 5) is 26.5. The van der Waals surface area contributed by atoms with Crippen molar-refractivity contribution in [2.75, 3.05) is 13.7 Å². The van der Waals surface area contributed by atoms with E-state index < -0.39 is 5.85 Å². The van der Waals surface area contributed by atoms with E-state index in [2.05, 4.69) is 5.32 Å². The molecule has 0 aromatic rings. The zero-order valence-electron chi connectivity index (χ0n) is 15.2. The summed E-state index contributed by atoms with van der Waals surface area (Å²) in [6.07, 6.45) is 0.349. The average molecular weight is 323 g/mol. The lowest BCUT2D eigenvalue weighted by molar-refractivity contribution is -0.122. The Hall–Kier alpha value is -1.66. The first kappa shape index (κ1) is 19.4. The number of Topliss-reactive ketones (excluding diaryl/α,β-unsaturated/α-hetero) is 2. The third-order valence-corrected chi connectivity index (χ3v) is 4.15. The first-order valence-corrected chi connectivity index (χ1v) is 8.30. The number of nitrogens with zero attached hydrogens (tertiary/aromatic N) is 1. The van der Waals surface area contributed by atoms with Gasteiger partial charge in [0.15, 0.2) is 0 Å². The molecule has 1 saturated heterocycles. The van der Waals surface area contributed by atoms with Crippen molar-refractivity contribution >= 4 is 11.6 Å². The molecule has 0 radical (unpaired) electrons. The van der Waals surface area contributed by atoms with Crippen molar-refractivity contribution < 1.29 is 14.3 Å². The summed E-state index contributed by atoms with van der Waals surface area (Å²) >= 11 is 0. The maximum atomic E-state index is 12.4. The van der Waals surface area contributed by atoms with Crippen molar-refractivity contribution in [3.8, 4) is 0 Å². The second-order valence-corrected chi connectivity index (χ2v) is 5.35. The van der Waals surface area contributed by atoms with Gasteiger partial charge >= 0.3 is 0 Å². The van der Waals surface area contributed by atoms with Crippen LogP contribution >= 0.6 is 0 Å². The van der Waals surface area contributed by atoms with Crippen LogP contribution in [0.1, 0.15) is 48.0 Å². The second-order valence-electron chi connectivity index (χ2n) is 5.35. The molecule has 0 aromatic heterocycles. The molecule has 0 bridgehead atoms. The summed E-state index contributed by atoms with van der Waals surface area (Å²) in [6, 6.07) is 0.195. The van der Waals surface area contributed by atoms with Crippen LogP contribution in [0.15, 0.2) is 22.5 Å². The van der Waals surface area contributed by atoms with Gasteiger partial charge in [-0.2, -0.15) is 0 Å². The molecule has 0 saturated carbocycles. The highest BCUT2D eigenvalue weighted by Crippen LogP contribution is 2.43. The van der Waals surface area contributed by atoms with E-state index in [1.807, 2.05) is 39.5 Å². The van der Waals surface area contributed by atoms with Crippen molar-refractivity contribution in [2.45, 2.75) is 59.9 Å². The Morgan fingerprint density at radius 1 is 1.22 bits per heavy atom. The lowest BCUT2D eigenvalue weighted by Gasteiger charge is -2.33. The summed E-state index contributed by atoms with van der Waals surface area (Å²) in [7, 11) is 1.58. The van der Waals surface area contributed by atoms with Gasteiger partial charge in [0.25, 0.3) is 0 Å². The van der Waals surface area contributed by atoms with Crippen LogP contribution in [0, 0.1) is 0 Å². The molecule has 130 valence electrons. The number of allylic oxidation sites excluding steroid dienone is 2. The summed E-state index contributed by atoms with van der Waals surface area (Å²) < 4.78 is 5.56. The van der Waals surface area contributed by atoms with Crippen LogP contribution in [0.3, 0.4) is 0 Å². The highest BCUT2D eigenvalue weighted by molar-refractivity contribution is 6.25. The van der Waals surface area contributed by atoms with E-state index >= 15 is 0 Å². The second kappa shape index (κ2) is 7.27. The minimum atomic E-state index is -0.777. The summed E-state index contributed by atoms with van der Waals surface area (Å²) in [6.45, 7) is 12.3. The monoisotopic (exact) mass is 323 g/mol. The Kier molecular flexibility index (Phi) is 6.13. The van der Waals surface area contributed by atoms with Crippen LogP contribution in [-0.4, -0.2) is 42.0 Å². The van der Waals surface area contributed by atoms with Gasteiger partial charge < -0.3 is 15.4 Å². The zero-order chi connectivity index (χ0) is 17.9. The van der Waals surface area contributed by atoms with E-state index in [-0.39, 0.29) is 23.3 Å². The average Bonchev–Trinajstić information content (AvgIpc) is 3.06. The van der Waals surface area contributed by atoms with Crippen LogP contribution in [0.2, 0.25) is 0 Å². The standard InChI is InChI=1S/C13H17N3O3.2C2H6/c1-6-5-16-10-8(4-13(16,15-6)19-3)12(18)9(14)7(2)11(10)17;2*1-2/h6,15H,4-5,14H2,1-3H3;2*1-2H3. The summed E-state index contributed by atoms with van der Waals surface area (Å²) in [5, 5.41) is 3.30. The molecule has 1 aliphatic carbocycles. The van der Waals surface area contributed by atoms with Gasteiger partial charge in [-0.3, -0.25) is 14.9 Å². The molecular weight excluding hydrogens is 294 g/mol. The van der Waals surface area contributed by atoms with E-state index in [1.165, 1.54) is 0 Å². The number of hydrogen-bond donors (Lipinski definition) is 2. The fourth-order valence-electron chi connectivity index (χ4n) is 3.16. The maximum Gasteiger partial charge on any atom is 0.207 e. The van der Waals surface area contributed by atoms with Crippen molar-refractivity contribution in [3.05, 3.63) is 22.5 Å². The van der Waals surface area contributed by atoms with Gasteiger partial charge in [-0.05, 0) is 13.8 Å². The fourth-order valence-corrected chi connectivity index (χ4v) is 3.16. The lowest BCUT2D eigenvalue weighted by atomic mass is 9.91. The number of ether oxygens (including phenoxy) is 1. The maximum absolute atomic E-state index is 12.4. The SMILES string of the molecule is CC.CC.COC12CC3=C(C(=O)C(C)=C(N)C3=O)N1CC(C)N2. The van der Waals surface area contributed by atoms with E-state index in [9.17, 15) is 9.59 Å². The Morgan fingerprint density at radius 2 is 1.78 bits per heavy atom. The number of ketones is 2. The minimum Gasteiger partial charge on any atom is -0.395 e. The normalized spacial score (nSPS) is 28.8. The molecule has 3 aliphatic rings. The number of nitrogens with two attached hydrogens (primary N) is 1. The van der Waals surface area contributed by atoms with Gasteiger partial charge in [0.05, 0.1) is 11.4 Å². The molecule has 3 N–H and O–H groups in total. The van der Waals surface area contributed by atoms with E-state index in [0.717, 1.165) is 0 Å². The molecule has 2 heterocycles. The Labute approximate surface area is 138 Å². The summed E-state index contributed by atoms with van der Waals surface area (Å²) in [5.41, 5.74) is 7.04. The molecule has 2 aliphatic heterocycles. The zero-order valence-corrected chi connectivity index (χ0v) is 15.2. The number of fused-ring (bicyclic) bond motifs is 2. The van der Waals surface area contributed by atoms with Crippen LogP contribution in [0.5, 0.6) is 0 Å². The predicted molar refractivity (Wildman–Crippen MR) is 90.3 cm³/mol. The van der Waals surface area contributed by atoms with E-state index in [4.69, 9.17) is 10.5 Å². The molecule has 6 nitrogen and oxygen atoms in total. The molecule has 3 rings (SSSR count). The van der Waals surface area contributed by atoms with Crippen LogP contribution in [0.4, 0.5) is 0 Å². The Bertz CT molecular complexity index is 565. The first-order valence-electron chi connectivity index (χ1n) is 8.30. The predicted octanol–water partition coefficient (Wildman–Crippen LogP) is 1.67. The highest BCUT2D eigenvalue weighted by atomic mass is 16.5. The quantitative estimate of drug-likeness (QED) is 0.714. The summed E-state index contributed by atoms with van der Waals surface area (Å²) in [5.74, 6) is -1.19. The van der Waals surface area contributed by atoms with Gasteiger partial charge in [0.2, 0.25) is 17.4 Å². The molecule has 1 fully saturated rings. The molecular formula is C17H29N3O3. The number of hydrogen-bond acceptors (Lipinski definition) is 6. The van der Waals surface area contributed by atoms with E-state index in [0.29, 0.717) is 29.8 Å². The van der Waals surface area contributed by atoms with Crippen molar-refractivity contribution in [1.82, 2.24) is 10.2 Å².